The zero-order valence-electron chi connectivity index (χ0n) is 11.3. The van der Waals surface area contributed by atoms with Gasteiger partial charge in [0.15, 0.2) is 0 Å². The highest BCUT2D eigenvalue weighted by atomic mass is 16.5. The molecule has 0 saturated carbocycles. The molecule has 1 heterocycles. The SMILES string of the molecule is CCC1COCCN1C(CC)c1ccccc1O. The summed E-state index contributed by atoms with van der Waals surface area (Å²) in [5.74, 6) is 0.408. The smallest absolute Gasteiger partial charge is 0.120 e. The summed E-state index contributed by atoms with van der Waals surface area (Å²) < 4.78 is 5.56. The molecular weight excluding hydrogens is 226 g/mol. The maximum Gasteiger partial charge on any atom is 0.120 e. The number of ether oxygens (including phenoxy) is 1. The van der Waals surface area contributed by atoms with Crippen molar-refractivity contribution in [3.05, 3.63) is 29.8 Å². The molecule has 0 spiro atoms. The Morgan fingerprint density at radius 1 is 1.39 bits per heavy atom. The van der Waals surface area contributed by atoms with E-state index in [-0.39, 0.29) is 0 Å². The van der Waals surface area contributed by atoms with E-state index >= 15 is 0 Å². The summed E-state index contributed by atoms with van der Waals surface area (Å²) in [6.07, 6.45) is 2.10. The van der Waals surface area contributed by atoms with Crippen LogP contribution in [0.4, 0.5) is 0 Å². The maximum atomic E-state index is 10.0. The predicted molar refractivity (Wildman–Crippen MR) is 72.7 cm³/mol. The lowest BCUT2D eigenvalue weighted by atomic mass is 9.98. The van der Waals surface area contributed by atoms with Gasteiger partial charge in [-0.15, -0.1) is 0 Å². The van der Waals surface area contributed by atoms with Crippen molar-refractivity contribution in [2.75, 3.05) is 19.8 Å². The Bertz CT molecular complexity index is 381. The van der Waals surface area contributed by atoms with Crippen LogP contribution in [0.25, 0.3) is 0 Å². The van der Waals surface area contributed by atoms with Gasteiger partial charge < -0.3 is 9.84 Å². The highest BCUT2D eigenvalue weighted by Crippen LogP contribution is 2.33. The van der Waals surface area contributed by atoms with E-state index in [2.05, 4.69) is 18.7 Å². The van der Waals surface area contributed by atoms with Crippen molar-refractivity contribution in [2.45, 2.75) is 38.8 Å². The molecule has 2 rings (SSSR count). The number of para-hydroxylation sites is 1. The third-order valence-corrected chi connectivity index (χ3v) is 3.83. The van der Waals surface area contributed by atoms with Crippen molar-refractivity contribution >= 4 is 0 Å². The third kappa shape index (κ3) is 2.68. The number of rotatable bonds is 4. The van der Waals surface area contributed by atoms with Crippen LogP contribution in [-0.2, 0) is 4.74 Å². The molecule has 1 aliphatic heterocycles. The number of nitrogens with zero attached hydrogens (tertiary/aromatic N) is 1. The summed E-state index contributed by atoms with van der Waals surface area (Å²) in [7, 11) is 0. The molecule has 0 aliphatic carbocycles. The van der Waals surface area contributed by atoms with Crippen molar-refractivity contribution in [3.8, 4) is 5.75 Å². The number of morpholine rings is 1. The van der Waals surface area contributed by atoms with Gasteiger partial charge in [-0.2, -0.15) is 0 Å². The van der Waals surface area contributed by atoms with Gasteiger partial charge in [0, 0.05) is 24.2 Å². The topological polar surface area (TPSA) is 32.7 Å². The Morgan fingerprint density at radius 2 is 2.17 bits per heavy atom. The van der Waals surface area contributed by atoms with Crippen LogP contribution in [-0.4, -0.2) is 35.8 Å². The van der Waals surface area contributed by atoms with Crippen LogP contribution in [0.15, 0.2) is 24.3 Å². The number of aromatic hydroxyl groups is 1. The molecule has 1 fully saturated rings. The Labute approximate surface area is 109 Å². The van der Waals surface area contributed by atoms with Crippen molar-refractivity contribution in [2.24, 2.45) is 0 Å². The van der Waals surface area contributed by atoms with E-state index in [1.165, 1.54) is 0 Å². The fourth-order valence-corrected chi connectivity index (χ4v) is 2.83. The minimum absolute atomic E-state index is 0.292. The summed E-state index contributed by atoms with van der Waals surface area (Å²) in [6, 6.07) is 8.44. The van der Waals surface area contributed by atoms with Gasteiger partial charge in [0.1, 0.15) is 5.75 Å². The van der Waals surface area contributed by atoms with E-state index in [1.807, 2.05) is 18.2 Å². The molecule has 1 aliphatic rings. The molecule has 1 aromatic carbocycles. The molecule has 1 N–H and O–H groups in total. The van der Waals surface area contributed by atoms with E-state index < -0.39 is 0 Å². The highest BCUT2D eigenvalue weighted by Gasteiger charge is 2.29. The Kier molecular flexibility index (Phi) is 4.61. The quantitative estimate of drug-likeness (QED) is 0.890. The standard InChI is InChI=1S/C15H23NO2/c1-3-12-11-18-10-9-16(12)14(4-2)13-7-5-6-8-15(13)17/h5-8,12,14,17H,3-4,9-11H2,1-2H3. The van der Waals surface area contributed by atoms with Gasteiger partial charge in [-0.25, -0.2) is 0 Å². The highest BCUT2D eigenvalue weighted by molar-refractivity contribution is 5.34. The molecular formula is C15H23NO2. The van der Waals surface area contributed by atoms with Gasteiger partial charge in [0.05, 0.1) is 13.2 Å². The second-order valence-electron chi connectivity index (χ2n) is 4.86. The molecule has 2 atom stereocenters. The van der Waals surface area contributed by atoms with Crippen LogP contribution in [0, 0.1) is 0 Å². The van der Waals surface area contributed by atoms with E-state index in [1.54, 1.807) is 6.07 Å². The summed E-state index contributed by atoms with van der Waals surface area (Å²) in [4.78, 5) is 2.48. The van der Waals surface area contributed by atoms with Gasteiger partial charge in [0.25, 0.3) is 0 Å². The second-order valence-corrected chi connectivity index (χ2v) is 4.86. The first-order valence-corrected chi connectivity index (χ1v) is 6.89. The van der Waals surface area contributed by atoms with Crippen LogP contribution in [0.3, 0.4) is 0 Å². The molecule has 3 nitrogen and oxygen atoms in total. The van der Waals surface area contributed by atoms with Crippen LogP contribution >= 0.6 is 0 Å². The first-order chi connectivity index (χ1) is 8.77. The first kappa shape index (κ1) is 13.4. The minimum Gasteiger partial charge on any atom is -0.508 e. The van der Waals surface area contributed by atoms with E-state index in [4.69, 9.17) is 4.74 Å². The predicted octanol–water partition coefficient (Wildman–Crippen LogP) is 2.95. The molecule has 100 valence electrons. The van der Waals surface area contributed by atoms with Gasteiger partial charge in [-0.05, 0) is 18.9 Å². The number of phenolic OH excluding ortho intramolecular Hbond substituents is 1. The van der Waals surface area contributed by atoms with Gasteiger partial charge in [0.2, 0.25) is 0 Å². The van der Waals surface area contributed by atoms with Gasteiger partial charge >= 0.3 is 0 Å². The van der Waals surface area contributed by atoms with E-state index in [0.29, 0.717) is 17.8 Å². The largest absolute Gasteiger partial charge is 0.508 e. The molecule has 1 saturated heterocycles. The number of phenols is 1. The molecule has 2 unspecified atom stereocenters. The fraction of sp³-hybridized carbons (Fsp3) is 0.600. The summed E-state index contributed by atoms with van der Waals surface area (Å²) in [5.41, 5.74) is 1.04. The molecule has 0 aromatic heterocycles. The van der Waals surface area contributed by atoms with Crippen LogP contribution < -0.4 is 0 Å². The van der Waals surface area contributed by atoms with Crippen molar-refractivity contribution < 1.29 is 9.84 Å². The molecule has 0 bridgehead atoms. The van der Waals surface area contributed by atoms with Gasteiger partial charge in [-0.1, -0.05) is 32.0 Å². The van der Waals surface area contributed by atoms with Crippen molar-refractivity contribution in [3.63, 3.8) is 0 Å². The Balaban J connectivity index is 2.24. The van der Waals surface area contributed by atoms with E-state index in [0.717, 1.165) is 38.2 Å². The maximum absolute atomic E-state index is 10.0. The van der Waals surface area contributed by atoms with Crippen molar-refractivity contribution in [1.29, 1.82) is 0 Å². The lowest BCUT2D eigenvalue weighted by Gasteiger charge is -2.40. The average molecular weight is 249 g/mol. The molecule has 3 heteroatoms. The Morgan fingerprint density at radius 3 is 2.83 bits per heavy atom. The zero-order valence-corrected chi connectivity index (χ0v) is 11.3. The van der Waals surface area contributed by atoms with E-state index in [9.17, 15) is 5.11 Å². The molecule has 18 heavy (non-hydrogen) atoms. The summed E-state index contributed by atoms with van der Waals surface area (Å²) in [6.45, 7) is 6.93. The average Bonchev–Trinajstić information content (AvgIpc) is 2.42. The monoisotopic (exact) mass is 249 g/mol. The zero-order chi connectivity index (χ0) is 13.0. The van der Waals surface area contributed by atoms with Crippen LogP contribution in [0.1, 0.15) is 38.3 Å². The van der Waals surface area contributed by atoms with Crippen LogP contribution in [0.5, 0.6) is 5.75 Å². The van der Waals surface area contributed by atoms with Gasteiger partial charge in [-0.3, -0.25) is 4.90 Å². The second kappa shape index (κ2) is 6.21. The number of hydrogen-bond acceptors (Lipinski definition) is 3. The normalized spacial score (nSPS) is 22.9. The summed E-state index contributed by atoms with van der Waals surface area (Å²) >= 11 is 0. The number of hydrogen-bond donors (Lipinski definition) is 1. The van der Waals surface area contributed by atoms with Crippen molar-refractivity contribution in [1.82, 2.24) is 4.90 Å². The minimum atomic E-state index is 0.292. The lowest BCUT2D eigenvalue weighted by Crippen LogP contribution is -2.46. The molecule has 0 amide bonds. The first-order valence-electron chi connectivity index (χ1n) is 6.89. The molecule has 1 aromatic rings. The van der Waals surface area contributed by atoms with Crippen LogP contribution in [0.2, 0.25) is 0 Å². The number of benzene rings is 1. The fourth-order valence-electron chi connectivity index (χ4n) is 2.83. The Hall–Kier alpha value is -1.06. The molecule has 0 radical (unpaired) electrons. The summed E-state index contributed by atoms with van der Waals surface area (Å²) in [5, 5.41) is 10.0. The third-order valence-electron chi connectivity index (χ3n) is 3.83. The lowest BCUT2D eigenvalue weighted by molar-refractivity contribution is -0.0320.